The molecule has 0 bridgehead atoms. The van der Waals surface area contributed by atoms with Gasteiger partial charge in [0.15, 0.2) is 0 Å². The summed E-state index contributed by atoms with van der Waals surface area (Å²) in [6.07, 6.45) is 1.83. The molecular weight excluding hydrogens is 238 g/mol. The van der Waals surface area contributed by atoms with Gasteiger partial charge in [0.25, 0.3) is 0 Å². The minimum absolute atomic E-state index is 0.101. The quantitative estimate of drug-likeness (QED) is 0.731. The van der Waals surface area contributed by atoms with Gasteiger partial charge in [0.05, 0.1) is 6.10 Å². The van der Waals surface area contributed by atoms with Crippen LogP contribution in [0.3, 0.4) is 0 Å². The SMILES string of the molecule is CCC(C)C(=O)NCCCOC(C)c1ccccc1. The van der Waals surface area contributed by atoms with E-state index in [1.165, 1.54) is 5.56 Å². The highest BCUT2D eigenvalue weighted by Gasteiger charge is 2.09. The van der Waals surface area contributed by atoms with Gasteiger partial charge in [-0.05, 0) is 25.3 Å². The highest BCUT2D eigenvalue weighted by Crippen LogP contribution is 2.15. The second-order valence-electron chi connectivity index (χ2n) is 4.88. The Morgan fingerprint density at radius 2 is 1.95 bits per heavy atom. The number of hydrogen-bond acceptors (Lipinski definition) is 2. The van der Waals surface area contributed by atoms with Gasteiger partial charge in [0.2, 0.25) is 5.91 Å². The zero-order valence-electron chi connectivity index (χ0n) is 12.2. The van der Waals surface area contributed by atoms with Crippen molar-refractivity contribution in [2.24, 2.45) is 5.92 Å². The van der Waals surface area contributed by atoms with Crippen molar-refractivity contribution < 1.29 is 9.53 Å². The largest absolute Gasteiger partial charge is 0.374 e. The Bertz CT molecular complexity index is 364. The van der Waals surface area contributed by atoms with Crippen molar-refractivity contribution in [1.82, 2.24) is 5.32 Å². The molecule has 0 aromatic heterocycles. The van der Waals surface area contributed by atoms with Gasteiger partial charge in [0, 0.05) is 19.1 Å². The number of carbonyl (C=O) groups excluding carboxylic acids is 1. The van der Waals surface area contributed by atoms with Crippen LogP contribution in [0.2, 0.25) is 0 Å². The van der Waals surface area contributed by atoms with E-state index < -0.39 is 0 Å². The van der Waals surface area contributed by atoms with Gasteiger partial charge >= 0.3 is 0 Å². The molecule has 0 aliphatic carbocycles. The summed E-state index contributed by atoms with van der Waals surface area (Å²) in [5.41, 5.74) is 1.19. The molecule has 2 atom stereocenters. The molecule has 0 heterocycles. The molecule has 2 unspecified atom stereocenters. The third-order valence-electron chi connectivity index (χ3n) is 3.32. The Morgan fingerprint density at radius 3 is 2.58 bits per heavy atom. The Hall–Kier alpha value is -1.35. The average molecular weight is 263 g/mol. The maximum Gasteiger partial charge on any atom is 0.222 e. The molecule has 1 amide bonds. The molecule has 106 valence electrons. The molecule has 3 nitrogen and oxygen atoms in total. The number of carbonyl (C=O) groups is 1. The summed E-state index contributed by atoms with van der Waals surface area (Å²) >= 11 is 0. The Labute approximate surface area is 116 Å². The van der Waals surface area contributed by atoms with Crippen LogP contribution in [0.1, 0.15) is 45.3 Å². The van der Waals surface area contributed by atoms with Crippen molar-refractivity contribution in [3.05, 3.63) is 35.9 Å². The van der Waals surface area contributed by atoms with Crippen molar-refractivity contribution in [1.29, 1.82) is 0 Å². The van der Waals surface area contributed by atoms with E-state index in [1.54, 1.807) is 0 Å². The highest BCUT2D eigenvalue weighted by molar-refractivity contribution is 5.78. The lowest BCUT2D eigenvalue weighted by atomic mass is 10.1. The second-order valence-corrected chi connectivity index (χ2v) is 4.88. The van der Waals surface area contributed by atoms with Crippen LogP contribution in [-0.4, -0.2) is 19.1 Å². The van der Waals surface area contributed by atoms with Crippen LogP contribution in [0.4, 0.5) is 0 Å². The molecule has 3 heteroatoms. The molecule has 0 fully saturated rings. The molecule has 0 radical (unpaired) electrons. The lowest BCUT2D eigenvalue weighted by Gasteiger charge is -2.14. The summed E-state index contributed by atoms with van der Waals surface area (Å²) in [5.74, 6) is 0.239. The topological polar surface area (TPSA) is 38.3 Å². The monoisotopic (exact) mass is 263 g/mol. The van der Waals surface area contributed by atoms with Crippen LogP contribution >= 0.6 is 0 Å². The zero-order valence-corrected chi connectivity index (χ0v) is 12.2. The molecule has 0 spiro atoms. The van der Waals surface area contributed by atoms with Gasteiger partial charge in [0.1, 0.15) is 0 Å². The Kier molecular flexibility index (Phi) is 7.19. The summed E-state index contributed by atoms with van der Waals surface area (Å²) in [6.45, 7) is 7.37. The van der Waals surface area contributed by atoms with Gasteiger partial charge in [-0.2, -0.15) is 0 Å². The first kappa shape index (κ1) is 15.7. The number of amides is 1. The molecule has 0 aliphatic heterocycles. The van der Waals surface area contributed by atoms with E-state index in [9.17, 15) is 4.79 Å². The van der Waals surface area contributed by atoms with Crippen LogP contribution < -0.4 is 5.32 Å². The third kappa shape index (κ3) is 5.88. The minimum Gasteiger partial charge on any atom is -0.374 e. The standard InChI is InChI=1S/C16H25NO2/c1-4-13(2)16(18)17-11-8-12-19-14(3)15-9-6-5-7-10-15/h5-7,9-10,13-14H,4,8,11-12H2,1-3H3,(H,17,18). The molecule has 1 aromatic carbocycles. The average Bonchev–Trinajstić information content (AvgIpc) is 2.46. The van der Waals surface area contributed by atoms with E-state index in [1.807, 2.05) is 39.0 Å². The van der Waals surface area contributed by atoms with Crippen LogP contribution in [0.5, 0.6) is 0 Å². The van der Waals surface area contributed by atoms with Gasteiger partial charge in [-0.15, -0.1) is 0 Å². The Balaban J connectivity index is 2.13. The predicted molar refractivity (Wildman–Crippen MR) is 77.9 cm³/mol. The molecule has 1 N–H and O–H groups in total. The van der Waals surface area contributed by atoms with Crippen molar-refractivity contribution in [2.75, 3.05) is 13.2 Å². The fraction of sp³-hybridized carbons (Fsp3) is 0.562. The van der Waals surface area contributed by atoms with E-state index in [0.717, 1.165) is 12.8 Å². The lowest BCUT2D eigenvalue weighted by Crippen LogP contribution is -2.30. The van der Waals surface area contributed by atoms with E-state index in [4.69, 9.17) is 4.74 Å². The Morgan fingerprint density at radius 1 is 1.26 bits per heavy atom. The normalized spacial score (nSPS) is 13.8. The molecule has 0 saturated carbocycles. The summed E-state index contributed by atoms with van der Waals surface area (Å²) in [5, 5.41) is 2.93. The highest BCUT2D eigenvalue weighted by atomic mass is 16.5. The summed E-state index contributed by atoms with van der Waals surface area (Å²) in [4.78, 5) is 11.5. The number of hydrogen-bond donors (Lipinski definition) is 1. The summed E-state index contributed by atoms with van der Waals surface area (Å²) in [7, 11) is 0. The van der Waals surface area contributed by atoms with Crippen molar-refractivity contribution in [2.45, 2.75) is 39.7 Å². The maximum absolute atomic E-state index is 11.5. The van der Waals surface area contributed by atoms with Crippen molar-refractivity contribution in [3.63, 3.8) is 0 Å². The number of ether oxygens (including phenoxy) is 1. The first-order chi connectivity index (χ1) is 9.15. The maximum atomic E-state index is 11.5. The van der Waals surface area contributed by atoms with E-state index in [-0.39, 0.29) is 17.9 Å². The van der Waals surface area contributed by atoms with Crippen LogP contribution in [0.15, 0.2) is 30.3 Å². The lowest BCUT2D eigenvalue weighted by molar-refractivity contribution is -0.124. The van der Waals surface area contributed by atoms with E-state index in [2.05, 4.69) is 17.4 Å². The van der Waals surface area contributed by atoms with Gasteiger partial charge in [-0.1, -0.05) is 44.2 Å². The molecule has 1 aromatic rings. The van der Waals surface area contributed by atoms with Gasteiger partial charge in [-0.25, -0.2) is 0 Å². The van der Waals surface area contributed by atoms with Gasteiger partial charge in [-0.3, -0.25) is 4.79 Å². The third-order valence-corrected chi connectivity index (χ3v) is 3.32. The number of nitrogens with one attached hydrogen (secondary N) is 1. The minimum atomic E-state index is 0.101. The number of benzene rings is 1. The molecule has 0 aliphatic rings. The first-order valence-electron chi connectivity index (χ1n) is 7.09. The summed E-state index contributed by atoms with van der Waals surface area (Å²) < 4.78 is 5.75. The molecule has 1 rings (SSSR count). The molecule has 19 heavy (non-hydrogen) atoms. The molecular formula is C16H25NO2. The molecule has 0 saturated heterocycles. The first-order valence-corrected chi connectivity index (χ1v) is 7.09. The fourth-order valence-electron chi connectivity index (χ4n) is 1.72. The second kappa shape index (κ2) is 8.70. The summed E-state index contributed by atoms with van der Waals surface area (Å²) in [6, 6.07) is 10.2. The van der Waals surface area contributed by atoms with Crippen LogP contribution in [-0.2, 0) is 9.53 Å². The van der Waals surface area contributed by atoms with Gasteiger partial charge < -0.3 is 10.1 Å². The van der Waals surface area contributed by atoms with Crippen molar-refractivity contribution >= 4 is 5.91 Å². The van der Waals surface area contributed by atoms with Crippen molar-refractivity contribution in [3.8, 4) is 0 Å². The zero-order chi connectivity index (χ0) is 14.1. The van der Waals surface area contributed by atoms with Crippen LogP contribution in [0, 0.1) is 5.92 Å². The van der Waals surface area contributed by atoms with E-state index >= 15 is 0 Å². The number of rotatable bonds is 8. The van der Waals surface area contributed by atoms with Crippen LogP contribution in [0.25, 0.3) is 0 Å². The smallest absolute Gasteiger partial charge is 0.222 e. The fourth-order valence-corrected chi connectivity index (χ4v) is 1.72. The predicted octanol–water partition coefficient (Wildman–Crippen LogP) is 3.32. The van der Waals surface area contributed by atoms with E-state index in [0.29, 0.717) is 13.2 Å².